The molecule has 0 aliphatic rings. The summed E-state index contributed by atoms with van der Waals surface area (Å²) in [4.78, 5) is 28.9. The summed E-state index contributed by atoms with van der Waals surface area (Å²) in [6, 6.07) is 20.7. The van der Waals surface area contributed by atoms with Gasteiger partial charge in [0.2, 0.25) is 0 Å². The SMILES string of the molecule is CCc1ccc(C(C)=O)cc1-c1cc(Nc2cccnc2-c2ccccc2)c(=O)[nH]n1. The van der Waals surface area contributed by atoms with Crippen molar-refractivity contribution in [3.05, 3.63) is 94.4 Å². The van der Waals surface area contributed by atoms with Crippen LogP contribution in [-0.4, -0.2) is 21.0 Å². The summed E-state index contributed by atoms with van der Waals surface area (Å²) in [6.07, 6.45) is 2.49. The van der Waals surface area contributed by atoms with Gasteiger partial charge in [0.15, 0.2) is 5.78 Å². The summed E-state index contributed by atoms with van der Waals surface area (Å²) >= 11 is 0. The zero-order valence-electron chi connectivity index (χ0n) is 17.3. The number of nitrogens with one attached hydrogen (secondary N) is 2. The molecule has 2 aromatic heterocycles. The minimum atomic E-state index is -0.340. The van der Waals surface area contributed by atoms with Crippen molar-refractivity contribution in [2.24, 2.45) is 0 Å². The number of aryl methyl sites for hydroxylation is 1. The maximum Gasteiger partial charge on any atom is 0.287 e. The van der Waals surface area contributed by atoms with E-state index in [1.54, 1.807) is 12.3 Å². The van der Waals surface area contributed by atoms with E-state index in [1.165, 1.54) is 6.92 Å². The van der Waals surface area contributed by atoms with Gasteiger partial charge >= 0.3 is 0 Å². The van der Waals surface area contributed by atoms with Crippen molar-refractivity contribution in [2.75, 3.05) is 5.32 Å². The summed E-state index contributed by atoms with van der Waals surface area (Å²) in [5.41, 5.74) is 5.47. The minimum Gasteiger partial charge on any atom is -0.349 e. The average Bonchev–Trinajstić information content (AvgIpc) is 2.81. The van der Waals surface area contributed by atoms with Crippen LogP contribution in [0.2, 0.25) is 0 Å². The lowest BCUT2D eigenvalue weighted by atomic mass is 9.98. The van der Waals surface area contributed by atoms with Crippen LogP contribution in [0.4, 0.5) is 11.4 Å². The van der Waals surface area contributed by atoms with Gasteiger partial charge in [-0.15, -0.1) is 0 Å². The van der Waals surface area contributed by atoms with Crippen LogP contribution in [0.25, 0.3) is 22.5 Å². The van der Waals surface area contributed by atoms with E-state index in [-0.39, 0.29) is 11.3 Å². The lowest BCUT2D eigenvalue weighted by Crippen LogP contribution is -2.14. The van der Waals surface area contributed by atoms with E-state index < -0.39 is 0 Å². The summed E-state index contributed by atoms with van der Waals surface area (Å²) in [6.45, 7) is 3.57. The Morgan fingerprint density at radius 1 is 1.00 bits per heavy atom. The standard InChI is InChI=1S/C25H22N4O2/c1-3-17-11-12-19(16(2)30)14-20(17)22-15-23(25(31)29-28-22)27-21-10-7-13-26-24(21)18-8-5-4-6-9-18/h4-15H,3H2,1-2H3,(H,27,28)(H,29,31). The van der Waals surface area contributed by atoms with E-state index in [1.807, 2.05) is 67.6 Å². The molecule has 0 fully saturated rings. The monoisotopic (exact) mass is 410 g/mol. The van der Waals surface area contributed by atoms with Crippen molar-refractivity contribution in [2.45, 2.75) is 20.3 Å². The van der Waals surface area contributed by atoms with Gasteiger partial charge in [0, 0.05) is 22.9 Å². The molecule has 0 unspecified atom stereocenters. The zero-order valence-corrected chi connectivity index (χ0v) is 17.3. The first-order valence-corrected chi connectivity index (χ1v) is 10.1. The Morgan fingerprint density at radius 2 is 1.81 bits per heavy atom. The van der Waals surface area contributed by atoms with Crippen LogP contribution in [0.1, 0.15) is 29.8 Å². The minimum absolute atomic E-state index is 0.0189. The number of hydrogen-bond donors (Lipinski definition) is 2. The largest absolute Gasteiger partial charge is 0.349 e. The molecule has 31 heavy (non-hydrogen) atoms. The van der Waals surface area contributed by atoms with Crippen molar-refractivity contribution < 1.29 is 4.79 Å². The van der Waals surface area contributed by atoms with E-state index in [0.717, 1.165) is 28.8 Å². The fourth-order valence-corrected chi connectivity index (χ4v) is 3.46. The molecule has 6 nitrogen and oxygen atoms in total. The van der Waals surface area contributed by atoms with Crippen molar-refractivity contribution in [1.82, 2.24) is 15.2 Å². The molecule has 154 valence electrons. The van der Waals surface area contributed by atoms with Gasteiger partial charge in [-0.05, 0) is 43.2 Å². The van der Waals surface area contributed by atoms with Crippen LogP contribution < -0.4 is 10.9 Å². The van der Waals surface area contributed by atoms with Crippen LogP contribution in [0.3, 0.4) is 0 Å². The van der Waals surface area contributed by atoms with Crippen molar-refractivity contribution in [1.29, 1.82) is 0 Å². The molecule has 0 aliphatic heterocycles. The van der Waals surface area contributed by atoms with Gasteiger partial charge in [0.25, 0.3) is 5.56 Å². The second kappa shape index (κ2) is 8.75. The molecule has 2 aromatic carbocycles. The number of Topliss-reactive ketones (excluding diaryl/α,β-unsaturated/α-hetero) is 1. The fourth-order valence-electron chi connectivity index (χ4n) is 3.46. The highest BCUT2D eigenvalue weighted by Crippen LogP contribution is 2.29. The molecule has 4 rings (SSSR count). The van der Waals surface area contributed by atoms with Gasteiger partial charge < -0.3 is 5.32 Å². The lowest BCUT2D eigenvalue weighted by Gasteiger charge is -2.13. The Kier molecular flexibility index (Phi) is 5.71. The number of aromatic amines is 1. The average molecular weight is 410 g/mol. The van der Waals surface area contributed by atoms with Crippen LogP contribution in [0.15, 0.2) is 77.7 Å². The molecular formula is C25H22N4O2. The molecule has 6 heteroatoms. The van der Waals surface area contributed by atoms with Gasteiger partial charge in [-0.1, -0.05) is 49.4 Å². The molecule has 0 saturated heterocycles. The second-order valence-electron chi connectivity index (χ2n) is 7.17. The van der Waals surface area contributed by atoms with E-state index in [9.17, 15) is 9.59 Å². The highest BCUT2D eigenvalue weighted by atomic mass is 16.1. The number of nitrogens with zero attached hydrogens (tertiary/aromatic N) is 2. The number of anilines is 2. The normalized spacial score (nSPS) is 10.6. The molecule has 2 N–H and O–H groups in total. The molecule has 2 heterocycles. The van der Waals surface area contributed by atoms with Crippen LogP contribution in [0, 0.1) is 0 Å². The summed E-state index contributed by atoms with van der Waals surface area (Å²) < 4.78 is 0. The molecule has 4 aromatic rings. The van der Waals surface area contributed by atoms with Gasteiger partial charge in [0.05, 0.1) is 17.1 Å². The summed E-state index contributed by atoms with van der Waals surface area (Å²) in [5.74, 6) is -0.0189. The second-order valence-corrected chi connectivity index (χ2v) is 7.17. The van der Waals surface area contributed by atoms with Crippen molar-refractivity contribution >= 4 is 17.2 Å². The van der Waals surface area contributed by atoms with E-state index >= 15 is 0 Å². The van der Waals surface area contributed by atoms with Gasteiger partial charge in [-0.3, -0.25) is 14.6 Å². The first kappa shape index (κ1) is 20.2. The molecule has 0 aliphatic carbocycles. The quantitative estimate of drug-likeness (QED) is 0.436. The van der Waals surface area contributed by atoms with Crippen molar-refractivity contribution in [3.63, 3.8) is 0 Å². The zero-order chi connectivity index (χ0) is 21.8. The first-order chi connectivity index (χ1) is 15.1. The Hall–Kier alpha value is -4.06. The Balaban J connectivity index is 1.77. The fraction of sp³-hybridized carbons (Fsp3) is 0.120. The highest BCUT2D eigenvalue weighted by Gasteiger charge is 2.13. The number of ketones is 1. The van der Waals surface area contributed by atoms with Crippen molar-refractivity contribution in [3.8, 4) is 22.5 Å². The molecule has 0 saturated carbocycles. The maximum atomic E-state index is 12.5. The number of pyridine rings is 1. The number of H-pyrrole nitrogens is 1. The number of hydrogen-bond acceptors (Lipinski definition) is 5. The molecular weight excluding hydrogens is 388 g/mol. The van der Waals surface area contributed by atoms with E-state index in [4.69, 9.17) is 0 Å². The lowest BCUT2D eigenvalue weighted by molar-refractivity contribution is 0.101. The van der Waals surface area contributed by atoms with E-state index in [2.05, 4.69) is 20.5 Å². The predicted molar refractivity (Wildman–Crippen MR) is 123 cm³/mol. The smallest absolute Gasteiger partial charge is 0.287 e. The highest BCUT2D eigenvalue weighted by molar-refractivity contribution is 5.95. The first-order valence-electron chi connectivity index (χ1n) is 10.1. The molecule has 0 spiro atoms. The van der Waals surface area contributed by atoms with Crippen LogP contribution >= 0.6 is 0 Å². The topological polar surface area (TPSA) is 87.7 Å². The number of carbonyl (C=O) groups excluding carboxylic acids is 1. The summed E-state index contributed by atoms with van der Waals surface area (Å²) in [5, 5.41) is 10.0. The Labute approximate surface area is 180 Å². The van der Waals surface area contributed by atoms with E-state index in [0.29, 0.717) is 22.6 Å². The maximum absolute atomic E-state index is 12.5. The van der Waals surface area contributed by atoms with Crippen LogP contribution in [-0.2, 0) is 6.42 Å². The third-order valence-corrected chi connectivity index (χ3v) is 5.10. The number of aromatic nitrogens is 3. The molecule has 0 radical (unpaired) electrons. The third-order valence-electron chi connectivity index (χ3n) is 5.10. The molecule has 0 atom stereocenters. The third kappa shape index (κ3) is 4.28. The molecule has 0 amide bonds. The van der Waals surface area contributed by atoms with Gasteiger partial charge in [-0.25, -0.2) is 5.10 Å². The summed E-state index contributed by atoms with van der Waals surface area (Å²) in [7, 11) is 0. The van der Waals surface area contributed by atoms with Gasteiger partial charge in [0.1, 0.15) is 5.69 Å². The number of benzene rings is 2. The Bertz CT molecular complexity index is 1300. The Morgan fingerprint density at radius 3 is 2.55 bits per heavy atom. The number of carbonyl (C=O) groups is 1. The predicted octanol–water partition coefficient (Wildman–Crippen LogP) is 5.01. The van der Waals surface area contributed by atoms with Crippen LogP contribution in [0.5, 0.6) is 0 Å². The number of rotatable bonds is 6. The van der Waals surface area contributed by atoms with Gasteiger partial charge in [-0.2, -0.15) is 5.10 Å². The molecule has 0 bridgehead atoms.